The molecule has 1 aromatic carbocycles. The van der Waals surface area contributed by atoms with Gasteiger partial charge in [-0.3, -0.25) is 0 Å². The molecule has 0 radical (unpaired) electrons. The Balaban J connectivity index is 1.58. The zero-order chi connectivity index (χ0) is 18.0. The van der Waals surface area contributed by atoms with Gasteiger partial charge in [-0.2, -0.15) is 13.2 Å². The number of hydrogen-bond acceptors (Lipinski definition) is 3. The third-order valence-corrected chi connectivity index (χ3v) is 3.90. The van der Waals surface area contributed by atoms with Crippen LogP contribution in [-0.4, -0.2) is 35.1 Å². The molecular formula is C16H13ClF3N3O2. The van der Waals surface area contributed by atoms with Crippen molar-refractivity contribution < 1.29 is 22.7 Å². The number of amides is 2. The van der Waals surface area contributed by atoms with Gasteiger partial charge in [0.1, 0.15) is 11.1 Å². The number of urea groups is 1. The highest BCUT2D eigenvalue weighted by Gasteiger charge is 2.36. The lowest BCUT2D eigenvalue weighted by molar-refractivity contribution is -0.136. The highest BCUT2D eigenvalue weighted by molar-refractivity contribution is 6.31. The number of carbonyl (C=O) groups is 1. The maximum absolute atomic E-state index is 12.9. The van der Waals surface area contributed by atoms with Crippen LogP contribution in [0.1, 0.15) is 5.56 Å². The van der Waals surface area contributed by atoms with Crippen LogP contribution < -0.4 is 10.1 Å². The van der Waals surface area contributed by atoms with Gasteiger partial charge in [-0.25, -0.2) is 9.78 Å². The summed E-state index contributed by atoms with van der Waals surface area (Å²) in [6, 6.07) is 7.49. The van der Waals surface area contributed by atoms with Crippen molar-refractivity contribution in [2.45, 2.75) is 12.3 Å². The summed E-state index contributed by atoms with van der Waals surface area (Å²) in [6.07, 6.45) is -3.32. The van der Waals surface area contributed by atoms with Crippen molar-refractivity contribution in [2.24, 2.45) is 0 Å². The van der Waals surface area contributed by atoms with E-state index in [-0.39, 0.29) is 30.8 Å². The van der Waals surface area contributed by atoms with Crippen molar-refractivity contribution >= 4 is 23.3 Å². The smallest absolute Gasteiger partial charge is 0.418 e. The number of anilines is 1. The highest BCUT2D eigenvalue weighted by atomic mass is 35.5. The number of aromatic nitrogens is 1. The first-order valence-electron chi connectivity index (χ1n) is 7.34. The Hall–Kier alpha value is -2.48. The molecular weight excluding hydrogens is 359 g/mol. The van der Waals surface area contributed by atoms with Gasteiger partial charge in [0.25, 0.3) is 0 Å². The Bertz CT molecular complexity index is 779. The van der Waals surface area contributed by atoms with Gasteiger partial charge in [0, 0.05) is 6.20 Å². The molecule has 1 fully saturated rings. The van der Waals surface area contributed by atoms with E-state index in [0.717, 1.165) is 6.07 Å². The minimum Gasteiger partial charge on any atom is -0.470 e. The van der Waals surface area contributed by atoms with Crippen LogP contribution in [0.3, 0.4) is 0 Å². The molecule has 9 heteroatoms. The Morgan fingerprint density at radius 3 is 2.64 bits per heavy atom. The first-order chi connectivity index (χ1) is 11.8. The zero-order valence-corrected chi connectivity index (χ0v) is 13.5. The van der Waals surface area contributed by atoms with Crippen molar-refractivity contribution in [1.82, 2.24) is 9.88 Å². The Morgan fingerprint density at radius 1 is 1.24 bits per heavy atom. The van der Waals surface area contributed by atoms with Crippen LogP contribution in [0.15, 0.2) is 42.6 Å². The average molecular weight is 372 g/mol. The molecule has 1 saturated heterocycles. The first-order valence-corrected chi connectivity index (χ1v) is 7.71. The Labute approximate surface area is 146 Å². The lowest BCUT2D eigenvalue weighted by Crippen LogP contribution is -2.57. The van der Waals surface area contributed by atoms with E-state index in [0.29, 0.717) is 5.02 Å². The van der Waals surface area contributed by atoms with Crippen LogP contribution in [0.5, 0.6) is 5.88 Å². The van der Waals surface area contributed by atoms with Gasteiger partial charge in [0.15, 0.2) is 0 Å². The van der Waals surface area contributed by atoms with E-state index in [1.165, 1.54) is 29.3 Å². The second kappa shape index (κ2) is 6.79. The van der Waals surface area contributed by atoms with Crippen molar-refractivity contribution in [3.05, 3.63) is 53.2 Å². The summed E-state index contributed by atoms with van der Waals surface area (Å²) in [7, 11) is 0. The Morgan fingerprint density at radius 2 is 1.96 bits per heavy atom. The largest absolute Gasteiger partial charge is 0.470 e. The van der Waals surface area contributed by atoms with Crippen molar-refractivity contribution in [1.29, 1.82) is 0 Å². The number of rotatable bonds is 3. The van der Waals surface area contributed by atoms with Crippen LogP contribution in [-0.2, 0) is 6.18 Å². The number of nitrogens with one attached hydrogen (secondary N) is 1. The topological polar surface area (TPSA) is 54.5 Å². The molecule has 2 heterocycles. The number of ether oxygens (including phenoxy) is 1. The fraction of sp³-hybridized carbons (Fsp3) is 0.250. The summed E-state index contributed by atoms with van der Waals surface area (Å²) in [5, 5.41) is 2.64. The number of nitrogens with zero attached hydrogens (tertiary/aromatic N) is 2. The summed E-state index contributed by atoms with van der Waals surface area (Å²) < 4.78 is 44.3. The molecule has 0 spiro atoms. The predicted octanol–water partition coefficient (Wildman–Crippen LogP) is 4.05. The van der Waals surface area contributed by atoms with Gasteiger partial charge in [0.2, 0.25) is 5.88 Å². The fourth-order valence-corrected chi connectivity index (χ4v) is 2.49. The number of likely N-dealkylation sites (tertiary alicyclic amines) is 1. The summed E-state index contributed by atoms with van der Waals surface area (Å²) in [6.45, 7) is 0.458. The summed E-state index contributed by atoms with van der Waals surface area (Å²) >= 11 is 5.93. The molecule has 2 amide bonds. The number of alkyl halides is 3. The number of carbonyl (C=O) groups excluding carboxylic acids is 1. The second-order valence-corrected chi connectivity index (χ2v) is 5.82. The standard InChI is InChI=1S/C16H13ClF3N3O2/c17-12-5-3-7-21-14(12)25-10-8-23(9-10)15(24)22-13-6-2-1-4-11(13)16(18,19)20/h1-7,10H,8-9H2,(H,22,24). The molecule has 0 unspecified atom stereocenters. The molecule has 0 saturated carbocycles. The summed E-state index contributed by atoms with van der Waals surface area (Å²) in [4.78, 5) is 17.4. The normalized spacial score (nSPS) is 14.8. The number of benzene rings is 1. The Kier molecular flexibility index (Phi) is 4.71. The molecule has 1 aromatic heterocycles. The summed E-state index contributed by atoms with van der Waals surface area (Å²) in [5.41, 5.74) is -1.17. The van der Waals surface area contributed by atoms with E-state index in [9.17, 15) is 18.0 Å². The van der Waals surface area contributed by atoms with E-state index >= 15 is 0 Å². The molecule has 3 rings (SSSR count). The molecule has 25 heavy (non-hydrogen) atoms. The molecule has 0 atom stereocenters. The van der Waals surface area contributed by atoms with E-state index in [4.69, 9.17) is 16.3 Å². The number of pyridine rings is 1. The number of para-hydroxylation sites is 1. The van der Waals surface area contributed by atoms with Crippen LogP contribution >= 0.6 is 11.6 Å². The molecule has 0 bridgehead atoms. The number of hydrogen-bond donors (Lipinski definition) is 1. The molecule has 1 aliphatic rings. The van der Waals surface area contributed by atoms with Crippen LogP contribution in [0, 0.1) is 0 Å². The van der Waals surface area contributed by atoms with Crippen molar-refractivity contribution in [3.63, 3.8) is 0 Å². The van der Waals surface area contributed by atoms with Gasteiger partial charge in [-0.1, -0.05) is 23.7 Å². The van der Waals surface area contributed by atoms with Crippen molar-refractivity contribution in [3.8, 4) is 5.88 Å². The number of halogens is 4. The molecule has 132 valence electrons. The third-order valence-electron chi connectivity index (χ3n) is 3.61. The van der Waals surface area contributed by atoms with Crippen LogP contribution in [0.2, 0.25) is 5.02 Å². The molecule has 0 aliphatic carbocycles. The van der Waals surface area contributed by atoms with E-state index in [1.54, 1.807) is 12.1 Å². The van der Waals surface area contributed by atoms with Gasteiger partial charge < -0.3 is 15.0 Å². The predicted molar refractivity (Wildman–Crippen MR) is 85.7 cm³/mol. The lowest BCUT2D eigenvalue weighted by Gasteiger charge is -2.38. The van der Waals surface area contributed by atoms with E-state index < -0.39 is 17.8 Å². The summed E-state index contributed by atoms with van der Waals surface area (Å²) in [5.74, 6) is 0.261. The maximum Gasteiger partial charge on any atom is 0.418 e. The van der Waals surface area contributed by atoms with Gasteiger partial charge in [0.05, 0.1) is 24.3 Å². The first kappa shape index (κ1) is 17.3. The van der Waals surface area contributed by atoms with Gasteiger partial charge in [-0.05, 0) is 24.3 Å². The third kappa shape index (κ3) is 3.96. The van der Waals surface area contributed by atoms with E-state index in [2.05, 4.69) is 10.3 Å². The molecule has 5 nitrogen and oxygen atoms in total. The SMILES string of the molecule is O=C(Nc1ccccc1C(F)(F)F)N1CC(Oc2ncccc2Cl)C1. The zero-order valence-electron chi connectivity index (χ0n) is 12.8. The fourth-order valence-electron chi connectivity index (χ4n) is 2.33. The van der Waals surface area contributed by atoms with Gasteiger partial charge in [-0.15, -0.1) is 0 Å². The monoisotopic (exact) mass is 371 g/mol. The minimum atomic E-state index is -4.54. The molecule has 2 aromatic rings. The highest BCUT2D eigenvalue weighted by Crippen LogP contribution is 2.34. The van der Waals surface area contributed by atoms with Crippen LogP contribution in [0.25, 0.3) is 0 Å². The lowest BCUT2D eigenvalue weighted by atomic mass is 10.1. The average Bonchev–Trinajstić information content (AvgIpc) is 2.51. The van der Waals surface area contributed by atoms with Gasteiger partial charge >= 0.3 is 12.2 Å². The maximum atomic E-state index is 12.9. The van der Waals surface area contributed by atoms with Crippen molar-refractivity contribution in [2.75, 3.05) is 18.4 Å². The second-order valence-electron chi connectivity index (χ2n) is 5.41. The molecule has 1 N–H and O–H groups in total. The minimum absolute atomic E-state index is 0.229. The quantitative estimate of drug-likeness (QED) is 0.885. The van der Waals surface area contributed by atoms with E-state index in [1.807, 2.05) is 0 Å². The molecule has 1 aliphatic heterocycles. The van der Waals surface area contributed by atoms with Crippen LogP contribution in [0.4, 0.5) is 23.7 Å².